The number of benzene rings is 2. The maximum Gasteiger partial charge on any atom is 0.337 e. The molecule has 7 heteroatoms. The molecule has 0 spiro atoms. The summed E-state index contributed by atoms with van der Waals surface area (Å²) in [6, 6.07) is 12.5. The van der Waals surface area contributed by atoms with Crippen LogP contribution < -0.4 is 0 Å². The van der Waals surface area contributed by atoms with E-state index in [-0.39, 0.29) is 5.91 Å². The lowest BCUT2D eigenvalue weighted by Crippen LogP contribution is -2.28. The zero-order chi connectivity index (χ0) is 23.8. The molecule has 1 N–H and O–H groups in total. The fourth-order valence-corrected chi connectivity index (χ4v) is 3.75. The number of carboxylic acids is 1. The highest BCUT2D eigenvalue weighted by Gasteiger charge is 2.31. The van der Waals surface area contributed by atoms with Gasteiger partial charge in [0.05, 0.1) is 11.1 Å². The molecule has 0 aliphatic carbocycles. The fourth-order valence-electron chi connectivity index (χ4n) is 3.62. The molecule has 0 saturated heterocycles. The van der Waals surface area contributed by atoms with E-state index in [1.165, 1.54) is 4.90 Å². The molecule has 0 unspecified atom stereocenters. The SMILES string of the molecule is Cc1cc2nc(C(=O)N(C)C)ccc2c(-c2ccc(Cl)cc2)c1[C@H](OC(C)(C)C)C(=O)O. The van der Waals surface area contributed by atoms with Gasteiger partial charge in [0.1, 0.15) is 5.69 Å². The minimum absolute atomic E-state index is 0.207. The summed E-state index contributed by atoms with van der Waals surface area (Å²) in [5.41, 5.74) is 2.99. The highest BCUT2D eigenvalue weighted by Crippen LogP contribution is 2.40. The second-order valence-electron chi connectivity index (χ2n) is 8.90. The molecule has 1 heterocycles. The van der Waals surface area contributed by atoms with E-state index in [9.17, 15) is 14.7 Å². The third-order valence-electron chi connectivity index (χ3n) is 4.96. The summed E-state index contributed by atoms with van der Waals surface area (Å²) in [4.78, 5) is 30.8. The van der Waals surface area contributed by atoms with E-state index in [4.69, 9.17) is 16.3 Å². The predicted molar refractivity (Wildman–Crippen MR) is 126 cm³/mol. The summed E-state index contributed by atoms with van der Waals surface area (Å²) >= 11 is 6.10. The number of halogens is 1. The predicted octanol–water partition coefficient (Wildman–Crippen LogP) is 5.51. The van der Waals surface area contributed by atoms with Gasteiger partial charge in [0.15, 0.2) is 6.10 Å². The van der Waals surface area contributed by atoms with E-state index in [1.807, 2.05) is 45.9 Å². The van der Waals surface area contributed by atoms with Gasteiger partial charge in [-0.3, -0.25) is 4.79 Å². The number of rotatable bonds is 5. The summed E-state index contributed by atoms with van der Waals surface area (Å²) in [6.45, 7) is 7.30. The molecule has 1 atom stereocenters. The molecule has 0 aliphatic heterocycles. The molecule has 32 heavy (non-hydrogen) atoms. The maximum absolute atomic E-state index is 12.4. The molecule has 3 rings (SSSR count). The van der Waals surface area contributed by atoms with Crippen LogP contribution in [-0.2, 0) is 9.53 Å². The summed E-state index contributed by atoms with van der Waals surface area (Å²) in [5.74, 6) is -1.29. The molecule has 168 valence electrons. The van der Waals surface area contributed by atoms with Gasteiger partial charge in [0, 0.05) is 30.1 Å². The zero-order valence-corrected chi connectivity index (χ0v) is 19.8. The lowest BCUT2D eigenvalue weighted by atomic mass is 9.88. The lowest BCUT2D eigenvalue weighted by Gasteiger charge is -2.28. The third kappa shape index (κ3) is 4.92. The van der Waals surface area contributed by atoms with E-state index < -0.39 is 17.7 Å². The topological polar surface area (TPSA) is 79.7 Å². The van der Waals surface area contributed by atoms with Crippen LogP contribution in [-0.4, -0.2) is 46.6 Å². The number of hydrogen-bond donors (Lipinski definition) is 1. The molecular weight excluding hydrogens is 428 g/mol. The van der Waals surface area contributed by atoms with Crippen molar-refractivity contribution in [3.63, 3.8) is 0 Å². The van der Waals surface area contributed by atoms with Gasteiger partial charge in [0.2, 0.25) is 0 Å². The summed E-state index contributed by atoms with van der Waals surface area (Å²) in [6.07, 6.45) is -1.19. The lowest BCUT2D eigenvalue weighted by molar-refractivity contribution is -0.160. The molecule has 0 bridgehead atoms. The maximum atomic E-state index is 12.4. The van der Waals surface area contributed by atoms with Crippen molar-refractivity contribution >= 4 is 34.4 Å². The number of aromatic nitrogens is 1. The minimum Gasteiger partial charge on any atom is -0.479 e. The van der Waals surface area contributed by atoms with Crippen molar-refractivity contribution in [2.75, 3.05) is 14.1 Å². The molecule has 0 radical (unpaired) electrons. The Kier molecular flexibility index (Phi) is 6.58. The summed E-state index contributed by atoms with van der Waals surface area (Å²) in [7, 11) is 3.34. The Balaban J connectivity index is 2.37. The molecule has 3 aromatic rings. The Morgan fingerprint density at radius 3 is 2.25 bits per heavy atom. The zero-order valence-electron chi connectivity index (χ0n) is 19.1. The van der Waals surface area contributed by atoms with Crippen molar-refractivity contribution in [3.8, 4) is 11.1 Å². The molecular formula is C25H27ClN2O4. The Labute approximate surface area is 192 Å². The Morgan fingerprint density at radius 1 is 1.09 bits per heavy atom. The Morgan fingerprint density at radius 2 is 1.72 bits per heavy atom. The second-order valence-corrected chi connectivity index (χ2v) is 9.34. The molecule has 1 amide bonds. The van der Waals surface area contributed by atoms with Crippen LogP contribution >= 0.6 is 11.6 Å². The van der Waals surface area contributed by atoms with Gasteiger partial charge in [-0.1, -0.05) is 23.7 Å². The monoisotopic (exact) mass is 454 g/mol. The first-order valence-electron chi connectivity index (χ1n) is 10.2. The van der Waals surface area contributed by atoms with Crippen molar-refractivity contribution in [3.05, 3.63) is 64.3 Å². The van der Waals surface area contributed by atoms with Gasteiger partial charge in [0.25, 0.3) is 5.91 Å². The largest absolute Gasteiger partial charge is 0.479 e. The standard InChI is InChI=1S/C25H27ClN2O4/c1-14-13-19-17(11-12-18(27-19)23(29)28(5)6)21(15-7-9-16(26)10-8-15)20(14)22(24(30)31)32-25(2,3)4/h7-13,22H,1-6H3,(H,30,31)/t22-/m0/s1. The molecule has 0 aliphatic rings. The number of hydrogen-bond acceptors (Lipinski definition) is 4. The minimum atomic E-state index is -1.19. The van der Waals surface area contributed by atoms with Crippen LogP contribution in [0.25, 0.3) is 22.0 Å². The normalized spacial score (nSPS) is 12.6. The Hall–Kier alpha value is -2.96. The van der Waals surface area contributed by atoms with E-state index in [0.29, 0.717) is 32.9 Å². The number of carbonyl (C=O) groups excluding carboxylic acids is 1. The molecule has 1 aromatic heterocycles. The van der Waals surface area contributed by atoms with E-state index >= 15 is 0 Å². The first-order chi connectivity index (χ1) is 14.9. The first kappa shape index (κ1) is 23.7. The average molecular weight is 455 g/mol. The van der Waals surface area contributed by atoms with Crippen molar-refractivity contribution in [2.24, 2.45) is 0 Å². The van der Waals surface area contributed by atoms with Crippen LogP contribution in [0.5, 0.6) is 0 Å². The number of aliphatic carboxylic acids is 1. The Bertz CT molecular complexity index is 1180. The smallest absolute Gasteiger partial charge is 0.337 e. The van der Waals surface area contributed by atoms with Crippen LogP contribution in [0.3, 0.4) is 0 Å². The first-order valence-corrected chi connectivity index (χ1v) is 10.6. The van der Waals surface area contributed by atoms with Gasteiger partial charge >= 0.3 is 5.97 Å². The summed E-state index contributed by atoms with van der Waals surface area (Å²) in [5, 5.41) is 11.4. The number of amides is 1. The van der Waals surface area contributed by atoms with E-state index in [0.717, 1.165) is 10.9 Å². The number of carbonyl (C=O) groups is 2. The number of carboxylic acid groups (broad SMARTS) is 1. The molecule has 0 saturated carbocycles. The van der Waals surface area contributed by atoms with Crippen LogP contribution in [0.4, 0.5) is 0 Å². The van der Waals surface area contributed by atoms with Gasteiger partial charge in [-0.2, -0.15) is 0 Å². The quantitative estimate of drug-likeness (QED) is 0.550. The highest BCUT2D eigenvalue weighted by atomic mass is 35.5. The van der Waals surface area contributed by atoms with Gasteiger partial charge < -0.3 is 14.7 Å². The van der Waals surface area contributed by atoms with Gasteiger partial charge in [-0.05, 0) is 74.7 Å². The second kappa shape index (κ2) is 8.88. The number of pyridine rings is 1. The van der Waals surface area contributed by atoms with Crippen LogP contribution in [0.2, 0.25) is 5.02 Å². The molecule has 2 aromatic carbocycles. The third-order valence-corrected chi connectivity index (χ3v) is 5.21. The molecule has 6 nitrogen and oxygen atoms in total. The average Bonchev–Trinajstić information content (AvgIpc) is 2.70. The van der Waals surface area contributed by atoms with Gasteiger partial charge in [-0.25, -0.2) is 9.78 Å². The van der Waals surface area contributed by atoms with Crippen LogP contribution in [0.15, 0.2) is 42.5 Å². The van der Waals surface area contributed by atoms with Crippen LogP contribution in [0, 0.1) is 6.92 Å². The number of aryl methyl sites for hydroxylation is 1. The van der Waals surface area contributed by atoms with E-state index in [2.05, 4.69) is 4.98 Å². The fraction of sp³-hybridized carbons (Fsp3) is 0.320. The van der Waals surface area contributed by atoms with Crippen molar-refractivity contribution in [1.82, 2.24) is 9.88 Å². The number of nitrogens with zero attached hydrogens (tertiary/aromatic N) is 2. The van der Waals surface area contributed by atoms with Crippen molar-refractivity contribution < 1.29 is 19.4 Å². The van der Waals surface area contributed by atoms with Crippen LogP contribution in [0.1, 0.15) is 48.5 Å². The van der Waals surface area contributed by atoms with Crippen molar-refractivity contribution in [1.29, 1.82) is 0 Å². The van der Waals surface area contributed by atoms with E-state index in [1.54, 1.807) is 38.4 Å². The van der Waals surface area contributed by atoms with Gasteiger partial charge in [-0.15, -0.1) is 0 Å². The number of ether oxygens (including phenoxy) is 1. The molecule has 0 fully saturated rings. The summed E-state index contributed by atoms with van der Waals surface area (Å²) < 4.78 is 5.99. The highest BCUT2D eigenvalue weighted by molar-refractivity contribution is 6.30. The van der Waals surface area contributed by atoms with Crippen molar-refractivity contribution in [2.45, 2.75) is 39.4 Å². The number of fused-ring (bicyclic) bond motifs is 1.